The molecule has 0 atom stereocenters. The van der Waals surface area contributed by atoms with E-state index >= 15 is 0 Å². The van der Waals surface area contributed by atoms with E-state index in [2.05, 4.69) is 10.4 Å². The number of hydrogen-bond acceptors (Lipinski definition) is 6. The third kappa shape index (κ3) is 4.21. The molecule has 1 amide bonds. The minimum Gasteiger partial charge on any atom is -0.324 e. The van der Waals surface area contributed by atoms with Crippen LogP contribution in [0.3, 0.4) is 0 Å². The third-order valence-corrected chi connectivity index (χ3v) is 6.76. The minimum atomic E-state index is -3.60. The second kappa shape index (κ2) is 8.14. The Morgan fingerprint density at radius 2 is 1.97 bits per heavy atom. The van der Waals surface area contributed by atoms with Gasteiger partial charge in [-0.2, -0.15) is 14.7 Å². The number of amides is 1. The Balaban J connectivity index is 1.80. The lowest BCUT2D eigenvalue weighted by Gasteiger charge is -2.16. The van der Waals surface area contributed by atoms with E-state index in [1.54, 1.807) is 26.0 Å². The van der Waals surface area contributed by atoms with Crippen molar-refractivity contribution in [3.05, 3.63) is 51.4 Å². The van der Waals surface area contributed by atoms with E-state index in [1.807, 2.05) is 6.07 Å². The number of rotatable bonds is 5. The number of carbonyl (C=O) groups is 1. The van der Waals surface area contributed by atoms with E-state index < -0.39 is 28.0 Å². The molecule has 0 bridgehead atoms. The van der Waals surface area contributed by atoms with Crippen molar-refractivity contribution >= 4 is 21.6 Å². The molecule has 0 radical (unpaired) electrons. The number of carbonyl (C=O) groups excluding carboxylic acids is 1. The molecule has 1 aromatic carbocycles. The van der Waals surface area contributed by atoms with Gasteiger partial charge in [-0.15, -0.1) is 0 Å². The van der Waals surface area contributed by atoms with Crippen LogP contribution in [-0.4, -0.2) is 41.5 Å². The molecule has 0 unspecified atom stereocenters. The second-order valence-electron chi connectivity index (χ2n) is 6.85. The Morgan fingerprint density at radius 1 is 1.28 bits per heavy atom. The summed E-state index contributed by atoms with van der Waals surface area (Å²) in [7, 11) is -3.60. The van der Waals surface area contributed by atoms with Gasteiger partial charge in [0.2, 0.25) is 15.9 Å². The first kappa shape index (κ1) is 20.7. The average Bonchev–Trinajstić information content (AvgIpc) is 3.22. The fourth-order valence-corrected chi connectivity index (χ4v) is 4.72. The Labute approximate surface area is 168 Å². The van der Waals surface area contributed by atoms with E-state index in [4.69, 9.17) is 5.26 Å². The van der Waals surface area contributed by atoms with Gasteiger partial charge >= 0.3 is 0 Å². The van der Waals surface area contributed by atoms with E-state index in [-0.39, 0.29) is 10.5 Å². The first-order valence-corrected chi connectivity index (χ1v) is 10.6. The molecule has 10 heteroatoms. The van der Waals surface area contributed by atoms with Crippen LogP contribution < -0.4 is 10.9 Å². The molecule has 1 aromatic heterocycles. The maximum atomic E-state index is 12.7. The summed E-state index contributed by atoms with van der Waals surface area (Å²) in [5.41, 5.74) is 0.564. The number of hydrogen-bond donors (Lipinski definition) is 1. The fourth-order valence-electron chi connectivity index (χ4n) is 3.16. The van der Waals surface area contributed by atoms with Crippen molar-refractivity contribution < 1.29 is 13.2 Å². The third-order valence-electron chi connectivity index (χ3n) is 4.86. The van der Waals surface area contributed by atoms with Crippen LogP contribution >= 0.6 is 0 Å². The molecule has 0 saturated carbocycles. The van der Waals surface area contributed by atoms with Crippen molar-refractivity contribution in [2.75, 3.05) is 18.4 Å². The van der Waals surface area contributed by atoms with Gasteiger partial charge in [0, 0.05) is 18.8 Å². The van der Waals surface area contributed by atoms with Crippen LogP contribution in [0.25, 0.3) is 0 Å². The number of aryl methyl sites for hydroxylation is 1. The Kier molecular flexibility index (Phi) is 5.81. The van der Waals surface area contributed by atoms with Gasteiger partial charge in [0.15, 0.2) is 0 Å². The van der Waals surface area contributed by atoms with Gasteiger partial charge in [0.1, 0.15) is 18.2 Å². The number of nitrogens with one attached hydrogen (secondary N) is 1. The zero-order chi connectivity index (χ0) is 21.2. The molecule has 1 N–H and O–H groups in total. The topological polar surface area (TPSA) is 125 Å². The minimum absolute atomic E-state index is 0.0518. The summed E-state index contributed by atoms with van der Waals surface area (Å²) in [6, 6.07) is 7.83. The van der Waals surface area contributed by atoms with Crippen LogP contribution in [0, 0.1) is 25.2 Å². The van der Waals surface area contributed by atoms with Crippen molar-refractivity contribution in [3.63, 3.8) is 0 Å². The molecule has 9 nitrogen and oxygen atoms in total. The highest BCUT2D eigenvalue weighted by Crippen LogP contribution is 2.23. The zero-order valence-electron chi connectivity index (χ0n) is 16.2. The van der Waals surface area contributed by atoms with Gasteiger partial charge in [-0.3, -0.25) is 9.59 Å². The van der Waals surface area contributed by atoms with E-state index in [1.165, 1.54) is 16.4 Å². The molecule has 2 heterocycles. The Hall–Kier alpha value is -3.03. The SMILES string of the molecule is Cc1nn(CC(=O)Nc2cccc(S(=O)(=O)N3CCCC3)c2)c(=O)c(C#N)c1C. The predicted octanol–water partition coefficient (Wildman–Crippen LogP) is 1.16. The average molecular weight is 415 g/mol. The van der Waals surface area contributed by atoms with Crippen LogP contribution in [0.4, 0.5) is 5.69 Å². The van der Waals surface area contributed by atoms with Crippen molar-refractivity contribution in [2.24, 2.45) is 0 Å². The highest BCUT2D eigenvalue weighted by molar-refractivity contribution is 7.89. The molecule has 1 fully saturated rings. The first-order chi connectivity index (χ1) is 13.7. The highest BCUT2D eigenvalue weighted by Gasteiger charge is 2.27. The van der Waals surface area contributed by atoms with Crippen LogP contribution in [0.15, 0.2) is 34.0 Å². The van der Waals surface area contributed by atoms with Gasteiger partial charge in [-0.05, 0) is 50.5 Å². The van der Waals surface area contributed by atoms with Crippen molar-refractivity contribution in [2.45, 2.75) is 38.1 Å². The van der Waals surface area contributed by atoms with Gasteiger partial charge in [0.25, 0.3) is 5.56 Å². The van der Waals surface area contributed by atoms with Gasteiger partial charge in [-0.25, -0.2) is 13.1 Å². The lowest BCUT2D eigenvalue weighted by Crippen LogP contribution is -2.32. The molecule has 1 saturated heterocycles. The maximum absolute atomic E-state index is 12.7. The largest absolute Gasteiger partial charge is 0.324 e. The van der Waals surface area contributed by atoms with E-state index in [0.717, 1.165) is 17.5 Å². The maximum Gasteiger partial charge on any atom is 0.285 e. The summed E-state index contributed by atoms with van der Waals surface area (Å²) >= 11 is 0. The highest BCUT2D eigenvalue weighted by atomic mass is 32.2. The molecule has 3 rings (SSSR count). The Morgan fingerprint density at radius 3 is 2.62 bits per heavy atom. The van der Waals surface area contributed by atoms with Gasteiger partial charge in [0.05, 0.1) is 10.6 Å². The number of nitrogens with zero attached hydrogens (tertiary/aromatic N) is 4. The standard InChI is InChI=1S/C19H21N5O4S/c1-13-14(2)22-24(19(26)17(13)11-20)12-18(25)21-15-6-5-7-16(10-15)29(27,28)23-8-3-4-9-23/h5-7,10H,3-4,8-9,12H2,1-2H3,(H,21,25). The monoisotopic (exact) mass is 415 g/mol. The van der Waals surface area contributed by atoms with Crippen LogP contribution in [0.2, 0.25) is 0 Å². The zero-order valence-corrected chi connectivity index (χ0v) is 17.0. The molecule has 152 valence electrons. The Bertz CT molecular complexity index is 1160. The second-order valence-corrected chi connectivity index (χ2v) is 8.79. The summed E-state index contributed by atoms with van der Waals surface area (Å²) in [5, 5.41) is 15.8. The van der Waals surface area contributed by atoms with E-state index in [0.29, 0.717) is 30.0 Å². The lowest BCUT2D eigenvalue weighted by molar-refractivity contribution is -0.117. The lowest BCUT2D eigenvalue weighted by atomic mass is 10.1. The summed E-state index contributed by atoms with van der Waals surface area (Å²) < 4.78 is 27.7. The van der Waals surface area contributed by atoms with Crippen LogP contribution in [0.5, 0.6) is 0 Å². The quantitative estimate of drug-likeness (QED) is 0.781. The summed E-state index contributed by atoms with van der Waals surface area (Å²) in [4.78, 5) is 24.8. The molecule has 1 aliphatic heterocycles. The number of aromatic nitrogens is 2. The normalized spacial score (nSPS) is 14.5. The summed E-state index contributed by atoms with van der Waals surface area (Å²) in [6.45, 7) is 3.86. The number of nitriles is 1. The molecule has 0 spiro atoms. The fraction of sp³-hybridized carbons (Fsp3) is 0.368. The number of benzene rings is 1. The van der Waals surface area contributed by atoms with Crippen molar-refractivity contribution in [1.29, 1.82) is 5.26 Å². The smallest absolute Gasteiger partial charge is 0.285 e. The molecular formula is C19H21N5O4S. The molecular weight excluding hydrogens is 394 g/mol. The molecule has 2 aromatic rings. The number of anilines is 1. The predicted molar refractivity (Wildman–Crippen MR) is 106 cm³/mol. The molecule has 1 aliphatic rings. The van der Waals surface area contributed by atoms with Crippen LogP contribution in [-0.2, 0) is 21.4 Å². The number of sulfonamides is 1. The van der Waals surface area contributed by atoms with E-state index in [9.17, 15) is 18.0 Å². The first-order valence-electron chi connectivity index (χ1n) is 9.12. The van der Waals surface area contributed by atoms with Gasteiger partial charge < -0.3 is 5.32 Å². The summed E-state index contributed by atoms with van der Waals surface area (Å²) in [6.07, 6.45) is 1.66. The van der Waals surface area contributed by atoms with Crippen molar-refractivity contribution in [3.8, 4) is 6.07 Å². The van der Waals surface area contributed by atoms with Gasteiger partial charge in [-0.1, -0.05) is 6.07 Å². The van der Waals surface area contributed by atoms with Crippen LogP contribution in [0.1, 0.15) is 29.7 Å². The summed E-state index contributed by atoms with van der Waals surface area (Å²) in [5.74, 6) is -0.553. The van der Waals surface area contributed by atoms with Crippen molar-refractivity contribution in [1.82, 2.24) is 14.1 Å². The molecule has 29 heavy (non-hydrogen) atoms. The molecule has 0 aliphatic carbocycles.